The number of rotatable bonds is 2. The van der Waals surface area contributed by atoms with E-state index in [4.69, 9.17) is 22.1 Å². The third kappa shape index (κ3) is 4.39. The molecule has 0 radical (unpaired) electrons. The number of nitrogens with zero attached hydrogens (tertiary/aromatic N) is 4. The topological polar surface area (TPSA) is 78.3 Å². The highest BCUT2D eigenvalue weighted by molar-refractivity contribution is 6.32. The highest BCUT2D eigenvalue weighted by Crippen LogP contribution is 2.37. The van der Waals surface area contributed by atoms with Crippen molar-refractivity contribution in [1.29, 1.82) is 0 Å². The summed E-state index contributed by atoms with van der Waals surface area (Å²) in [6.07, 6.45) is 7.66. The first-order valence-electron chi connectivity index (χ1n) is 8.94. The summed E-state index contributed by atoms with van der Waals surface area (Å²) in [6.45, 7) is 3.26. The molecule has 8 heteroatoms. The van der Waals surface area contributed by atoms with Gasteiger partial charge in [-0.05, 0) is 31.6 Å². The van der Waals surface area contributed by atoms with Crippen LogP contribution in [0.2, 0.25) is 5.15 Å². The Bertz CT molecular complexity index is 698. The van der Waals surface area contributed by atoms with Crippen LogP contribution in [0.1, 0.15) is 57.2 Å². The van der Waals surface area contributed by atoms with Crippen molar-refractivity contribution in [3.05, 3.63) is 17.2 Å². The molecule has 1 aliphatic carbocycles. The quantitative estimate of drug-likeness (QED) is 0.871. The van der Waals surface area contributed by atoms with Crippen molar-refractivity contribution >= 4 is 23.1 Å². The highest BCUT2D eigenvalue weighted by Gasteiger charge is 2.27. The lowest BCUT2D eigenvalue weighted by atomic mass is 9.92. The monoisotopic (exact) mass is 369 g/mol. The Morgan fingerprint density at radius 3 is 2.68 bits per heavy atom. The van der Waals surface area contributed by atoms with Crippen LogP contribution in [-0.4, -0.2) is 39.0 Å². The second kappa shape index (κ2) is 8.27. The fraction of sp³-hybridized carbons (Fsp3) is 0.706. The first-order chi connectivity index (χ1) is 12.1. The standard InChI is InChI=1S/C12H16ClN5.C5H9FO/c1-7(8-4-2-3-5-8)11-16-10(13)9-6-15-12(14)17-18(9)11;6-5-2-1-3-7-4-5/h6-8H,2-5H2,1H3,(H2,14,17);5H,1-4H2. The van der Waals surface area contributed by atoms with Crippen LogP contribution < -0.4 is 5.73 Å². The van der Waals surface area contributed by atoms with Crippen molar-refractivity contribution in [1.82, 2.24) is 19.6 Å². The van der Waals surface area contributed by atoms with Crippen molar-refractivity contribution in [2.75, 3.05) is 18.9 Å². The minimum atomic E-state index is -0.686. The predicted octanol–water partition coefficient (Wildman–Crippen LogP) is 3.79. The molecule has 0 aromatic carbocycles. The van der Waals surface area contributed by atoms with Crippen LogP contribution in [0, 0.1) is 5.92 Å². The molecule has 2 aromatic heterocycles. The Morgan fingerprint density at radius 2 is 2.08 bits per heavy atom. The maximum absolute atomic E-state index is 12.1. The summed E-state index contributed by atoms with van der Waals surface area (Å²) in [5.74, 6) is 2.16. The van der Waals surface area contributed by atoms with Crippen molar-refractivity contribution in [2.45, 2.75) is 57.5 Å². The number of halogens is 2. The van der Waals surface area contributed by atoms with Crippen LogP contribution in [0.25, 0.3) is 5.52 Å². The van der Waals surface area contributed by atoms with E-state index >= 15 is 0 Å². The molecule has 138 valence electrons. The summed E-state index contributed by atoms with van der Waals surface area (Å²) in [4.78, 5) is 8.41. The van der Waals surface area contributed by atoms with Crippen molar-refractivity contribution in [2.24, 2.45) is 5.92 Å². The lowest BCUT2D eigenvalue weighted by Crippen LogP contribution is -2.17. The fourth-order valence-electron chi connectivity index (χ4n) is 3.55. The normalized spacial score (nSPS) is 22.6. The van der Waals surface area contributed by atoms with Gasteiger partial charge in [-0.2, -0.15) is 0 Å². The Balaban J connectivity index is 0.000000219. The number of ether oxygens (including phenoxy) is 1. The van der Waals surface area contributed by atoms with E-state index in [0.717, 1.165) is 24.4 Å². The number of fused-ring (bicyclic) bond motifs is 1. The first kappa shape index (κ1) is 18.3. The molecular formula is C17H25ClFN5O. The molecule has 0 amide bonds. The molecule has 25 heavy (non-hydrogen) atoms. The highest BCUT2D eigenvalue weighted by atomic mass is 35.5. The molecule has 2 unspecified atom stereocenters. The van der Waals surface area contributed by atoms with Gasteiger partial charge < -0.3 is 10.5 Å². The average molecular weight is 370 g/mol. The van der Waals surface area contributed by atoms with Crippen LogP contribution in [0.3, 0.4) is 0 Å². The number of nitrogens with two attached hydrogens (primary N) is 1. The van der Waals surface area contributed by atoms with Crippen LogP contribution in [0.15, 0.2) is 6.20 Å². The summed E-state index contributed by atoms with van der Waals surface area (Å²) in [5, 5.41) is 4.68. The van der Waals surface area contributed by atoms with Gasteiger partial charge >= 0.3 is 0 Å². The molecule has 2 atom stereocenters. The van der Waals surface area contributed by atoms with E-state index in [1.807, 2.05) is 0 Å². The van der Waals surface area contributed by atoms with E-state index in [1.54, 1.807) is 10.7 Å². The largest absolute Gasteiger partial charge is 0.378 e. The van der Waals surface area contributed by atoms with Gasteiger partial charge in [0.05, 0.1) is 12.8 Å². The van der Waals surface area contributed by atoms with Gasteiger partial charge in [0.1, 0.15) is 17.5 Å². The summed E-state index contributed by atoms with van der Waals surface area (Å²) in [7, 11) is 0. The maximum atomic E-state index is 12.1. The Labute approximate surface area is 151 Å². The van der Waals surface area contributed by atoms with Crippen LogP contribution >= 0.6 is 11.6 Å². The molecule has 4 rings (SSSR count). The number of anilines is 1. The molecule has 6 nitrogen and oxygen atoms in total. The van der Waals surface area contributed by atoms with Gasteiger partial charge in [0.15, 0.2) is 5.15 Å². The third-order valence-corrected chi connectivity index (χ3v) is 5.29. The molecule has 1 saturated carbocycles. The molecule has 0 bridgehead atoms. The second-order valence-electron chi connectivity index (χ2n) is 6.82. The number of imidazole rings is 1. The second-order valence-corrected chi connectivity index (χ2v) is 7.18. The van der Waals surface area contributed by atoms with Crippen molar-refractivity contribution in [3.63, 3.8) is 0 Å². The van der Waals surface area contributed by atoms with E-state index in [2.05, 4.69) is 22.0 Å². The zero-order valence-electron chi connectivity index (χ0n) is 14.5. The molecule has 3 heterocycles. The minimum Gasteiger partial charge on any atom is -0.378 e. The minimum absolute atomic E-state index is 0.247. The van der Waals surface area contributed by atoms with E-state index < -0.39 is 6.17 Å². The number of hydrogen-bond donors (Lipinski definition) is 1. The zero-order valence-corrected chi connectivity index (χ0v) is 15.3. The van der Waals surface area contributed by atoms with Gasteiger partial charge in [-0.1, -0.05) is 31.4 Å². The molecular weight excluding hydrogens is 345 g/mol. The Morgan fingerprint density at radius 1 is 1.32 bits per heavy atom. The Kier molecular flexibility index (Phi) is 6.06. The first-order valence-corrected chi connectivity index (χ1v) is 9.32. The van der Waals surface area contributed by atoms with Crippen LogP contribution in [0.4, 0.5) is 10.3 Å². The van der Waals surface area contributed by atoms with Crippen molar-refractivity contribution < 1.29 is 9.13 Å². The van der Waals surface area contributed by atoms with E-state index in [0.29, 0.717) is 30.0 Å². The van der Waals surface area contributed by atoms with Gasteiger partial charge in [-0.25, -0.2) is 18.9 Å². The van der Waals surface area contributed by atoms with Gasteiger partial charge in [0, 0.05) is 12.5 Å². The lowest BCUT2D eigenvalue weighted by Gasteiger charge is -2.16. The Hall–Kier alpha value is -1.47. The molecule has 2 aliphatic rings. The van der Waals surface area contributed by atoms with Crippen LogP contribution in [-0.2, 0) is 4.74 Å². The SMILES string of the molecule is CC(c1nc(Cl)c2cnc(N)nn12)C1CCCC1.FC1CCCOC1. The summed E-state index contributed by atoms with van der Waals surface area (Å²) >= 11 is 6.13. The van der Waals surface area contributed by atoms with Gasteiger partial charge in [0.25, 0.3) is 0 Å². The summed E-state index contributed by atoms with van der Waals surface area (Å²) < 4.78 is 18.6. The predicted molar refractivity (Wildman–Crippen MR) is 95.5 cm³/mol. The van der Waals surface area contributed by atoms with E-state index in [1.165, 1.54) is 25.7 Å². The number of aromatic nitrogens is 4. The number of nitrogen functional groups attached to an aromatic ring is 1. The van der Waals surface area contributed by atoms with Crippen LogP contribution in [0.5, 0.6) is 0 Å². The molecule has 0 spiro atoms. The zero-order chi connectivity index (χ0) is 17.8. The van der Waals surface area contributed by atoms with Gasteiger partial charge in [-0.15, -0.1) is 5.10 Å². The third-order valence-electron chi connectivity index (χ3n) is 5.01. The van der Waals surface area contributed by atoms with E-state index in [9.17, 15) is 4.39 Å². The summed E-state index contributed by atoms with van der Waals surface area (Å²) in [5.41, 5.74) is 6.37. The maximum Gasteiger partial charge on any atom is 0.238 e. The van der Waals surface area contributed by atoms with E-state index in [-0.39, 0.29) is 5.95 Å². The van der Waals surface area contributed by atoms with Crippen molar-refractivity contribution in [3.8, 4) is 0 Å². The smallest absolute Gasteiger partial charge is 0.238 e. The van der Waals surface area contributed by atoms with Gasteiger partial charge in [0.2, 0.25) is 5.95 Å². The lowest BCUT2D eigenvalue weighted by molar-refractivity contribution is 0.0366. The fourth-order valence-corrected chi connectivity index (χ4v) is 3.76. The average Bonchev–Trinajstić information content (AvgIpc) is 3.24. The molecule has 1 saturated heterocycles. The molecule has 2 fully saturated rings. The molecule has 2 N–H and O–H groups in total. The number of alkyl halides is 1. The molecule has 1 aliphatic heterocycles. The molecule has 2 aromatic rings. The van der Waals surface area contributed by atoms with Gasteiger partial charge in [-0.3, -0.25) is 0 Å². The number of hydrogen-bond acceptors (Lipinski definition) is 5. The summed E-state index contributed by atoms with van der Waals surface area (Å²) in [6, 6.07) is 0.